The van der Waals surface area contributed by atoms with Crippen LogP contribution in [0.15, 0.2) is 24.3 Å². The molecule has 66 valence electrons. The fourth-order valence-electron chi connectivity index (χ4n) is 0.688. The number of hydrogen-bond donors (Lipinski definition) is 2. The molecule has 0 spiro atoms. The molecule has 0 unspecified atom stereocenters. The molecule has 0 aliphatic carbocycles. The van der Waals surface area contributed by atoms with Gasteiger partial charge in [0.1, 0.15) is 0 Å². The summed E-state index contributed by atoms with van der Waals surface area (Å²) in [6, 6.07) is 5.81. The van der Waals surface area contributed by atoms with Crippen LogP contribution in [-0.2, 0) is 6.21 Å². The molecule has 12 heavy (non-hydrogen) atoms. The molecule has 0 atom stereocenters. The van der Waals surface area contributed by atoms with E-state index in [0.717, 1.165) is 0 Å². The van der Waals surface area contributed by atoms with Crippen molar-refractivity contribution in [3.05, 3.63) is 24.3 Å². The van der Waals surface area contributed by atoms with Crippen molar-refractivity contribution in [3.8, 4) is 5.75 Å². The zero-order valence-corrected chi connectivity index (χ0v) is 8.30. The Labute approximate surface area is 73.4 Å². The monoisotopic (exact) mass is 287 g/mol. The van der Waals surface area contributed by atoms with Gasteiger partial charge >= 0.3 is 73.2 Å². The van der Waals surface area contributed by atoms with Crippen molar-refractivity contribution < 1.29 is 12.8 Å². The van der Waals surface area contributed by atoms with Gasteiger partial charge in [-0.05, 0) is 0 Å². The van der Waals surface area contributed by atoms with Gasteiger partial charge in [-0.15, -0.1) is 0 Å². The third-order valence-electron chi connectivity index (χ3n) is 1.06. The van der Waals surface area contributed by atoms with E-state index in [0.29, 0.717) is 5.69 Å². The van der Waals surface area contributed by atoms with Gasteiger partial charge in [0.05, 0.1) is 0 Å². The molecule has 0 amide bonds. The summed E-state index contributed by atoms with van der Waals surface area (Å²) in [4.78, 5) is 0. The Hall–Kier alpha value is -0.830. The molecule has 1 rings (SSSR count). The number of nitrogen functional groups attached to an aromatic ring is 1. The van der Waals surface area contributed by atoms with Crippen LogP contribution in [0.25, 0.3) is 0 Å². The molecule has 3 N–H and O–H groups in total. The molecule has 0 heterocycles. The third-order valence-corrected chi connectivity index (χ3v) is 2.21. The first kappa shape index (κ1) is 9.26. The van der Waals surface area contributed by atoms with E-state index in [1.807, 2.05) is 0 Å². The van der Waals surface area contributed by atoms with E-state index in [-0.39, 0.29) is 5.75 Å². The number of anilines is 1. The Kier molecular flexibility index (Phi) is 2.52. The molecule has 0 saturated carbocycles. The van der Waals surface area contributed by atoms with E-state index in [9.17, 15) is 6.21 Å². The number of rotatable bonds is 2. The van der Waals surface area contributed by atoms with Crippen molar-refractivity contribution >= 4 is 24.7 Å². The third kappa shape index (κ3) is 3.05. The Morgan fingerprint density at radius 1 is 1.42 bits per heavy atom. The van der Waals surface area contributed by atoms with Crippen LogP contribution in [0.5, 0.6) is 5.75 Å². The molecule has 0 aliphatic heterocycles. The summed E-state index contributed by atoms with van der Waals surface area (Å²) in [5, 5.41) is 0. The number of nitrogens with two attached hydrogens (primary N) is 1. The molecule has 5 nitrogen and oxygen atoms in total. The summed E-state index contributed by atoms with van der Waals surface area (Å²) in [6.45, 7) is 0. The minimum atomic E-state index is -5.46. The van der Waals surface area contributed by atoms with Crippen molar-refractivity contribution in [1.82, 2.24) is 0 Å². The Balaban J connectivity index is 2.91. The second-order valence-electron chi connectivity index (χ2n) is 2.08. The van der Waals surface area contributed by atoms with Gasteiger partial charge in [-0.25, -0.2) is 0 Å². The van der Waals surface area contributed by atoms with Gasteiger partial charge in [0.25, 0.3) is 0 Å². The van der Waals surface area contributed by atoms with E-state index in [4.69, 9.17) is 9.20 Å². The van der Waals surface area contributed by atoms with Crippen LogP contribution in [0.3, 0.4) is 0 Å². The summed E-state index contributed by atoms with van der Waals surface area (Å²) in [5.74, 6) is 0.0312. The van der Waals surface area contributed by atoms with Crippen LogP contribution in [0.1, 0.15) is 0 Å². The molecule has 0 fully saturated rings. The van der Waals surface area contributed by atoms with Crippen LogP contribution >= 0.6 is 0 Å². The van der Waals surface area contributed by atoms with Gasteiger partial charge < -0.3 is 0 Å². The molecule has 0 bridgehead atoms. The Morgan fingerprint density at radius 3 is 2.58 bits per heavy atom. The number of hydrogen-bond acceptors (Lipinski definition) is 4. The minimum absolute atomic E-state index is 0.0312. The van der Waals surface area contributed by atoms with Crippen LogP contribution in [0.4, 0.5) is 5.69 Å². The predicted octanol–water partition coefficient (Wildman–Crippen LogP) is -0.0635. The fourth-order valence-corrected chi connectivity index (χ4v) is 1.68. The normalized spacial score (nSPS) is 11.1. The zero-order chi connectivity index (χ0) is 9.19. The van der Waals surface area contributed by atoms with Crippen LogP contribution < -0.4 is 8.83 Å². The van der Waals surface area contributed by atoms with Crippen molar-refractivity contribution in [2.24, 2.45) is 0 Å². The molecule has 0 radical (unpaired) electrons. The van der Waals surface area contributed by atoms with Gasteiger partial charge in [-0.1, -0.05) is 0 Å². The molecule has 0 saturated heterocycles. The molecule has 6 heteroatoms. The predicted molar refractivity (Wildman–Crippen MR) is 40.8 cm³/mol. The van der Waals surface area contributed by atoms with Gasteiger partial charge in [0.2, 0.25) is 0 Å². The van der Waals surface area contributed by atoms with E-state index in [1.165, 1.54) is 18.2 Å². The quantitative estimate of drug-likeness (QED) is 0.586. The molecule has 1 aromatic carbocycles. The van der Waals surface area contributed by atoms with Crippen molar-refractivity contribution in [2.45, 2.75) is 0 Å². The van der Waals surface area contributed by atoms with E-state index in [2.05, 4.69) is 3.10 Å². The molecule has 0 aliphatic rings. The van der Waals surface area contributed by atoms with Crippen molar-refractivity contribution in [3.63, 3.8) is 0 Å². The SMILES string of the molecule is Nc1cccc(O[Te](=O)(=O)O)c1. The van der Waals surface area contributed by atoms with Gasteiger partial charge in [-0.2, -0.15) is 0 Å². The van der Waals surface area contributed by atoms with Crippen molar-refractivity contribution in [1.29, 1.82) is 0 Å². The summed E-state index contributed by atoms with van der Waals surface area (Å²) in [6.07, 6.45) is 0. The first-order valence-corrected chi connectivity index (χ1v) is 6.89. The summed E-state index contributed by atoms with van der Waals surface area (Å²) in [5.41, 5.74) is 5.71. The maximum atomic E-state index is 10.3. The first-order chi connectivity index (χ1) is 5.47. The first-order valence-electron chi connectivity index (χ1n) is 3.00. The van der Waals surface area contributed by atoms with Crippen LogP contribution in [-0.4, -0.2) is 22.4 Å². The standard InChI is InChI=1S/C6H7NO4Te/c7-5-2-1-3-6(4-5)11-12(8,9)10/h1-4H,7H2,(H,8,9,10). The van der Waals surface area contributed by atoms with E-state index >= 15 is 0 Å². The summed E-state index contributed by atoms with van der Waals surface area (Å²) in [7, 11) is 0. The maximum absolute atomic E-state index is 10.3. The Morgan fingerprint density at radius 2 is 2.08 bits per heavy atom. The summed E-state index contributed by atoms with van der Waals surface area (Å²) >= 11 is -5.46. The zero-order valence-electron chi connectivity index (χ0n) is 5.97. The van der Waals surface area contributed by atoms with Gasteiger partial charge in [0, 0.05) is 0 Å². The van der Waals surface area contributed by atoms with Gasteiger partial charge in [0.15, 0.2) is 0 Å². The average Bonchev–Trinajstić information content (AvgIpc) is 1.82. The van der Waals surface area contributed by atoms with Gasteiger partial charge in [-0.3, -0.25) is 0 Å². The van der Waals surface area contributed by atoms with E-state index in [1.54, 1.807) is 6.07 Å². The topological polar surface area (TPSA) is 89.6 Å². The average molecular weight is 285 g/mol. The molecular weight excluding hydrogens is 278 g/mol. The van der Waals surface area contributed by atoms with Crippen molar-refractivity contribution in [2.75, 3.05) is 5.73 Å². The summed E-state index contributed by atoms with van der Waals surface area (Å²) < 4.78 is 33.2. The molecular formula is C6H7NO4Te. The second-order valence-corrected chi connectivity index (χ2v) is 5.00. The van der Waals surface area contributed by atoms with Crippen LogP contribution in [0, 0.1) is 0 Å². The number of benzene rings is 1. The fraction of sp³-hybridized carbons (Fsp3) is 0. The van der Waals surface area contributed by atoms with E-state index < -0.39 is 19.0 Å². The van der Waals surface area contributed by atoms with Crippen LogP contribution in [0.2, 0.25) is 0 Å². The Bertz CT molecular complexity index is 373. The molecule has 1 aromatic rings. The molecule has 0 aromatic heterocycles. The second kappa shape index (κ2) is 3.27.